The third-order valence-electron chi connectivity index (χ3n) is 5.42. The smallest absolute Gasteiger partial charge is 0.354 e. The highest BCUT2D eigenvalue weighted by molar-refractivity contribution is 7.89. The average molecular weight is 538 g/mol. The molecule has 3 rings (SSSR count). The van der Waals surface area contributed by atoms with Gasteiger partial charge in [-0.1, -0.05) is 30.3 Å². The Hall–Kier alpha value is -3.55. The van der Waals surface area contributed by atoms with E-state index in [0.29, 0.717) is 25.8 Å². The first kappa shape index (κ1) is 28.0. The van der Waals surface area contributed by atoms with Crippen LogP contribution in [-0.4, -0.2) is 53.4 Å². The van der Waals surface area contributed by atoms with Gasteiger partial charge in [0.1, 0.15) is 0 Å². The van der Waals surface area contributed by atoms with Gasteiger partial charge in [-0.25, -0.2) is 23.9 Å². The number of rotatable bonds is 12. The SMILES string of the molecule is O=C(NO)c1cnc(NCCCN(CCCc2ccccc2)S(=O)(=O)c2ccc(C(F)(F)F)cc2)nc1. The summed E-state index contributed by atoms with van der Waals surface area (Å²) in [6, 6.07) is 13.0. The zero-order valence-corrected chi connectivity index (χ0v) is 20.5. The van der Waals surface area contributed by atoms with E-state index in [1.165, 1.54) is 22.2 Å². The molecule has 9 nitrogen and oxygen atoms in total. The van der Waals surface area contributed by atoms with Gasteiger partial charge in [0.05, 0.1) is 16.0 Å². The topological polar surface area (TPSA) is 125 Å². The predicted octanol–water partition coefficient (Wildman–Crippen LogP) is 3.74. The lowest BCUT2D eigenvalue weighted by Crippen LogP contribution is -2.34. The summed E-state index contributed by atoms with van der Waals surface area (Å²) in [6.45, 7) is 0.582. The maximum absolute atomic E-state index is 13.3. The number of aryl methyl sites for hydroxylation is 1. The second-order valence-electron chi connectivity index (χ2n) is 8.03. The summed E-state index contributed by atoms with van der Waals surface area (Å²) in [5.41, 5.74) is 1.65. The van der Waals surface area contributed by atoms with Crippen molar-refractivity contribution in [2.75, 3.05) is 25.0 Å². The largest absolute Gasteiger partial charge is 0.416 e. The van der Waals surface area contributed by atoms with E-state index >= 15 is 0 Å². The number of carbonyl (C=O) groups excluding carboxylic acids is 1. The van der Waals surface area contributed by atoms with Crippen LogP contribution in [-0.2, 0) is 22.6 Å². The van der Waals surface area contributed by atoms with Gasteiger partial charge in [0.2, 0.25) is 16.0 Å². The van der Waals surface area contributed by atoms with Crippen molar-refractivity contribution in [3.63, 3.8) is 0 Å². The molecular formula is C24H26F3N5O4S. The van der Waals surface area contributed by atoms with E-state index in [4.69, 9.17) is 5.21 Å². The first-order valence-electron chi connectivity index (χ1n) is 11.3. The number of benzene rings is 2. The van der Waals surface area contributed by atoms with E-state index in [9.17, 15) is 26.4 Å². The predicted molar refractivity (Wildman–Crippen MR) is 129 cm³/mol. The molecule has 1 amide bonds. The van der Waals surface area contributed by atoms with E-state index in [-0.39, 0.29) is 29.5 Å². The van der Waals surface area contributed by atoms with Crippen molar-refractivity contribution in [2.24, 2.45) is 0 Å². The Bertz CT molecular complexity index is 1260. The van der Waals surface area contributed by atoms with E-state index in [0.717, 1.165) is 29.8 Å². The quantitative estimate of drug-likeness (QED) is 0.183. The van der Waals surface area contributed by atoms with E-state index < -0.39 is 27.7 Å². The van der Waals surface area contributed by atoms with Crippen LogP contribution in [0.15, 0.2) is 71.9 Å². The van der Waals surface area contributed by atoms with Crippen LogP contribution in [0.25, 0.3) is 0 Å². The minimum absolute atomic E-state index is 0.0558. The van der Waals surface area contributed by atoms with Crippen LogP contribution in [0.3, 0.4) is 0 Å². The molecule has 0 saturated carbocycles. The van der Waals surface area contributed by atoms with Gasteiger partial charge < -0.3 is 5.32 Å². The molecule has 37 heavy (non-hydrogen) atoms. The number of aromatic nitrogens is 2. The van der Waals surface area contributed by atoms with Crippen molar-refractivity contribution in [3.05, 3.63) is 83.7 Å². The van der Waals surface area contributed by atoms with Gasteiger partial charge in [-0.05, 0) is 49.1 Å². The molecule has 0 unspecified atom stereocenters. The summed E-state index contributed by atoms with van der Waals surface area (Å²) in [4.78, 5) is 19.0. The molecule has 0 aliphatic rings. The summed E-state index contributed by atoms with van der Waals surface area (Å²) >= 11 is 0. The summed E-state index contributed by atoms with van der Waals surface area (Å²) in [5, 5.41) is 11.6. The number of hydrogen-bond donors (Lipinski definition) is 3. The Morgan fingerprint density at radius 3 is 2.16 bits per heavy atom. The zero-order valence-electron chi connectivity index (χ0n) is 19.6. The maximum Gasteiger partial charge on any atom is 0.416 e. The van der Waals surface area contributed by atoms with Crippen LogP contribution in [0, 0.1) is 0 Å². The Morgan fingerprint density at radius 2 is 1.57 bits per heavy atom. The fourth-order valence-electron chi connectivity index (χ4n) is 3.48. The highest BCUT2D eigenvalue weighted by Gasteiger charge is 2.31. The number of sulfonamides is 1. The number of hydroxylamine groups is 1. The van der Waals surface area contributed by atoms with Crippen molar-refractivity contribution in [3.8, 4) is 0 Å². The molecule has 1 aromatic heterocycles. The lowest BCUT2D eigenvalue weighted by molar-refractivity contribution is -0.137. The maximum atomic E-state index is 13.3. The van der Waals surface area contributed by atoms with Crippen LogP contribution < -0.4 is 10.8 Å². The van der Waals surface area contributed by atoms with Gasteiger partial charge in [-0.3, -0.25) is 10.0 Å². The standard InChI is InChI=1S/C24H26F3N5O4S/c25-24(26,27)20-9-11-21(12-10-20)37(35,36)32(14-4-8-18-6-2-1-3-7-18)15-5-13-28-23-29-16-19(17-30-23)22(33)31-34/h1-3,6-7,9-12,16-17,34H,4-5,8,13-15H2,(H,31,33)(H,28,29,30). The number of carbonyl (C=O) groups is 1. The van der Waals surface area contributed by atoms with E-state index in [2.05, 4.69) is 15.3 Å². The fraction of sp³-hybridized carbons (Fsp3) is 0.292. The van der Waals surface area contributed by atoms with Crippen molar-refractivity contribution in [1.29, 1.82) is 0 Å². The Kier molecular flexibility index (Phi) is 9.55. The molecular weight excluding hydrogens is 511 g/mol. The van der Waals surface area contributed by atoms with Crippen LogP contribution >= 0.6 is 0 Å². The van der Waals surface area contributed by atoms with Crippen LogP contribution in [0.1, 0.15) is 34.3 Å². The lowest BCUT2D eigenvalue weighted by atomic mass is 10.1. The number of alkyl halides is 3. The van der Waals surface area contributed by atoms with Gasteiger partial charge in [-0.15, -0.1) is 0 Å². The third-order valence-corrected chi connectivity index (χ3v) is 7.33. The summed E-state index contributed by atoms with van der Waals surface area (Å²) < 4.78 is 66.6. The van der Waals surface area contributed by atoms with Crippen molar-refractivity contribution >= 4 is 21.9 Å². The molecule has 0 saturated heterocycles. The number of nitrogens with one attached hydrogen (secondary N) is 2. The third kappa shape index (κ3) is 7.97. The zero-order chi connectivity index (χ0) is 26.9. The Balaban J connectivity index is 1.65. The number of nitrogens with zero attached hydrogens (tertiary/aromatic N) is 3. The molecule has 3 aromatic rings. The van der Waals surface area contributed by atoms with Crippen molar-refractivity contribution in [1.82, 2.24) is 19.8 Å². The molecule has 2 aromatic carbocycles. The van der Waals surface area contributed by atoms with Crippen molar-refractivity contribution in [2.45, 2.75) is 30.3 Å². The number of halogens is 3. The first-order valence-corrected chi connectivity index (χ1v) is 12.8. The van der Waals surface area contributed by atoms with Gasteiger partial charge in [-0.2, -0.15) is 17.5 Å². The van der Waals surface area contributed by atoms with Crippen molar-refractivity contribution < 1.29 is 31.6 Å². The average Bonchev–Trinajstić information content (AvgIpc) is 2.90. The molecule has 13 heteroatoms. The van der Waals surface area contributed by atoms with Gasteiger partial charge in [0.15, 0.2) is 0 Å². The number of amides is 1. The molecule has 3 N–H and O–H groups in total. The normalized spacial score (nSPS) is 11.9. The Morgan fingerprint density at radius 1 is 0.946 bits per heavy atom. The Labute approximate surface area is 212 Å². The van der Waals surface area contributed by atoms with Crippen LogP contribution in [0.4, 0.5) is 19.1 Å². The minimum atomic E-state index is -4.56. The minimum Gasteiger partial charge on any atom is -0.354 e. The molecule has 0 aliphatic heterocycles. The van der Waals surface area contributed by atoms with Crippen LogP contribution in [0.5, 0.6) is 0 Å². The second kappa shape index (κ2) is 12.6. The fourth-order valence-corrected chi connectivity index (χ4v) is 5.00. The number of hydrogen-bond acceptors (Lipinski definition) is 7. The molecule has 0 atom stereocenters. The first-order chi connectivity index (χ1) is 17.6. The summed E-state index contributed by atoms with van der Waals surface area (Å²) in [5.74, 6) is -0.554. The van der Waals surface area contributed by atoms with Crippen LogP contribution in [0.2, 0.25) is 0 Å². The van der Waals surface area contributed by atoms with E-state index in [1.807, 2.05) is 30.3 Å². The summed E-state index contributed by atoms with van der Waals surface area (Å²) in [6.07, 6.45) is -0.620. The van der Waals surface area contributed by atoms with Gasteiger partial charge in [0, 0.05) is 32.0 Å². The molecule has 1 heterocycles. The molecule has 0 spiro atoms. The summed E-state index contributed by atoms with van der Waals surface area (Å²) in [7, 11) is -4.04. The molecule has 0 radical (unpaired) electrons. The molecule has 0 fully saturated rings. The highest BCUT2D eigenvalue weighted by atomic mass is 32.2. The lowest BCUT2D eigenvalue weighted by Gasteiger charge is -2.23. The monoisotopic (exact) mass is 537 g/mol. The molecule has 0 bridgehead atoms. The van der Waals surface area contributed by atoms with Gasteiger partial charge in [0.25, 0.3) is 5.91 Å². The number of anilines is 1. The molecule has 0 aliphatic carbocycles. The highest BCUT2D eigenvalue weighted by Crippen LogP contribution is 2.30. The van der Waals surface area contributed by atoms with Gasteiger partial charge >= 0.3 is 6.18 Å². The molecule has 198 valence electrons. The van der Waals surface area contributed by atoms with E-state index in [1.54, 1.807) is 0 Å². The second-order valence-corrected chi connectivity index (χ2v) is 9.97.